The van der Waals surface area contributed by atoms with Crippen molar-refractivity contribution in [2.45, 2.75) is 58.2 Å². The summed E-state index contributed by atoms with van der Waals surface area (Å²) in [5.74, 6) is 0. The predicted octanol–water partition coefficient (Wildman–Crippen LogP) is 2.36. The van der Waals surface area contributed by atoms with Crippen LogP contribution in [0.15, 0.2) is 24.3 Å². The van der Waals surface area contributed by atoms with Crippen LogP contribution in [-0.2, 0) is 19.5 Å². The lowest BCUT2D eigenvalue weighted by molar-refractivity contribution is 0.00578. The Bertz CT molecular complexity index is 565. The summed E-state index contributed by atoms with van der Waals surface area (Å²) in [5, 5.41) is 0. The quantitative estimate of drug-likeness (QED) is 0.865. The Balaban J connectivity index is 2.13. The number of hydrogen-bond donors (Lipinski definition) is 1. The van der Waals surface area contributed by atoms with Crippen molar-refractivity contribution in [1.82, 2.24) is 0 Å². The number of carbonyl (C=O) groups is 1. The van der Waals surface area contributed by atoms with Gasteiger partial charge in [0.2, 0.25) is 0 Å². The molecule has 0 saturated carbocycles. The monoisotopic (exact) mass is 319 g/mol. The Kier molecular flexibility index (Phi) is 4.52. The first-order chi connectivity index (χ1) is 10.4. The number of nitrogens with two attached hydrogens (primary N) is 1. The Hall–Kier alpha value is -1.53. The number of ether oxygens (including phenoxy) is 1. The molecule has 1 aromatic carbocycles. The summed E-state index contributed by atoms with van der Waals surface area (Å²) >= 11 is 0. The molecule has 0 unspecified atom stereocenters. The molecule has 0 radical (unpaired) electrons. The molecule has 0 bridgehead atoms. The lowest BCUT2D eigenvalue weighted by atomic mass is 9.76. The van der Waals surface area contributed by atoms with E-state index in [1.807, 2.05) is 65.8 Å². The normalized spacial score (nSPS) is 19.7. The molecule has 0 atom stereocenters. The van der Waals surface area contributed by atoms with Crippen LogP contribution in [0.5, 0.6) is 0 Å². The van der Waals surface area contributed by atoms with Gasteiger partial charge in [0, 0.05) is 5.41 Å². The van der Waals surface area contributed by atoms with Crippen molar-refractivity contribution in [2.75, 3.05) is 6.61 Å². The lowest BCUT2D eigenvalue weighted by Crippen LogP contribution is -2.41. The maximum absolute atomic E-state index is 10.8. The van der Waals surface area contributed by atoms with Crippen molar-refractivity contribution < 1.29 is 18.8 Å². The van der Waals surface area contributed by atoms with Gasteiger partial charge in [-0.2, -0.15) is 0 Å². The number of primary amides is 1. The third-order valence-corrected chi connectivity index (χ3v) is 4.79. The largest absolute Gasteiger partial charge is 0.494 e. The van der Waals surface area contributed by atoms with Crippen LogP contribution >= 0.6 is 0 Å². The molecule has 1 heterocycles. The van der Waals surface area contributed by atoms with E-state index in [2.05, 4.69) is 0 Å². The highest BCUT2D eigenvalue weighted by atomic mass is 16.7. The highest BCUT2D eigenvalue weighted by Gasteiger charge is 2.51. The summed E-state index contributed by atoms with van der Waals surface area (Å²) in [6, 6.07) is 7.99. The van der Waals surface area contributed by atoms with E-state index < -0.39 is 6.09 Å². The van der Waals surface area contributed by atoms with Crippen LogP contribution in [0.3, 0.4) is 0 Å². The number of hydrogen-bond acceptors (Lipinski definition) is 4. The van der Waals surface area contributed by atoms with Crippen LogP contribution in [-0.4, -0.2) is 31.0 Å². The van der Waals surface area contributed by atoms with E-state index in [1.54, 1.807) is 0 Å². The van der Waals surface area contributed by atoms with Gasteiger partial charge >= 0.3 is 13.2 Å². The molecule has 1 saturated heterocycles. The van der Waals surface area contributed by atoms with Crippen LogP contribution in [0.2, 0.25) is 0 Å². The van der Waals surface area contributed by atoms with Gasteiger partial charge in [-0.1, -0.05) is 38.1 Å². The van der Waals surface area contributed by atoms with E-state index in [0.717, 1.165) is 11.0 Å². The molecule has 2 N–H and O–H groups in total. The van der Waals surface area contributed by atoms with Gasteiger partial charge < -0.3 is 19.8 Å². The molecule has 5 nitrogen and oxygen atoms in total. The fourth-order valence-corrected chi connectivity index (χ4v) is 2.41. The molecule has 126 valence electrons. The molecule has 0 aliphatic carbocycles. The zero-order valence-electron chi connectivity index (χ0n) is 14.8. The first-order valence-electron chi connectivity index (χ1n) is 7.83. The summed E-state index contributed by atoms with van der Waals surface area (Å²) in [6.07, 6.45) is -0.757. The summed E-state index contributed by atoms with van der Waals surface area (Å²) in [5.41, 5.74) is 6.04. The van der Waals surface area contributed by atoms with Crippen molar-refractivity contribution in [1.29, 1.82) is 0 Å². The highest BCUT2D eigenvalue weighted by Crippen LogP contribution is 2.36. The number of amides is 1. The van der Waals surface area contributed by atoms with Gasteiger partial charge in [-0.3, -0.25) is 0 Å². The molecule has 0 aromatic heterocycles. The fraction of sp³-hybridized carbons (Fsp3) is 0.588. The number of carbonyl (C=O) groups excluding carboxylic acids is 1. The minimum absolute atomic E-state index is 0.234. The van der Waals surface area contributed by atoms with Gasteiger partial charge in [0.15, 0.2) is 0 Å². The smallest absolute Gasteiger partial charge is 0.449 e. The molecule has 1 aliphatic rings. The van der Waals surface area contributed by atoms with Crippen LogP contribution in [0.4, 0.5) is 4.79 Å². The van der Waals surface area contributed by atoms with E-state index in [9.17, 15) is 4.79 Å². The summed E-state index contributed by atoms with van der Waals surface area (Å²) in [7, 11) is -0.376. The molecule has 2 rings (SSSR count). The molecule has 1 amide bonds. The van der Waals surface area contributed by atoms with Crippen LogP contribution in [0, 0.1) is 0 Å². The van der Waals surface area contributed by atoms with Crippen molar-refractivity contribution >= 4 is 18.7 Å². The predicted molar refractivity (Wildman–Crippen MR) is 90.7 cm³/mol. The van der Waals surface area contributed by atoms with E-state index >= 15 is 0 Å². The van der Waals surface area contributed by atoms with Gasteiger partial charge in [-0.05, 0) is 38.7 Å². The van der Waals surface area contributed by atoms with Gasteiger partial charge in [-0.25, -0.2) is 4.79 Å². The second kappa shape index (κ2) is 5.84. The Labute approximate surface area is 138 Å². The molecule has 1 aliphatic heterocycles. The summed E-state index contributed by atoms with van der Waals surface area (Å²) in [6.45, 7) is 12.4. The van der Waals surface area contributed by atoms with E-state index in [-0.39, 0.29) is 30.3 Å². The van der Waals surface area contributed by atoms with E-state index in [0.29, 0.717) is 0 Å². The maximum atomic E-state index is 10.8. The van der Waals surface area contributed by atoms with Gasteiger partial charge in [0.25, 0.3) is 0 Å². The fourth-order valence-electron chi connectivity index (χ4n) is 2.41. The molecular weight excluding hydrogens is 293 g/mol. The van der Waals surface area contributed by atoms with Gasteiger partial charge in [-0.15, -0.1) is 0 Å². The molecule has 1 aromatic rings. The SMILES string of the molecule is CC(C)(COC(N)=O)c1ccc(B2OC(C)(C)C(C)(C)O2)cc1. The first kappa shape index (κ1) is 17.8. The molecule has 23 heavy (non-hydrogen) atoms. The third kappa shape index (κ3) is 3.70. The van der Waals surface area contributed by atoms with Crippen LogP contribution in [0.25, 0.3) is 0 Å². The molecule has 1 fully saturated rings. The van der Waals surface area contributed by atoms with E-state index in [4.69, 9.17) is 19.8 Å². The first-order valence-corrected chi connectivity index (χ1v) is 7.83. The second-order valence-electron chi connectivity index (χ2n) is 7.70. The standard InChI is InChI=1S/C17H26BNO4/c1-15(2,11-21-14(19)20)12-7-9-13(10-8-12)18-22-16(3,4)17(5,6)23-18/h7-10H,11H2,1-6H3,(H2,19,20). The van der Waals surface area contributed by atoms with Gasteiger partial charge in [0.1, 0.15) is 6.61 Å². The molecule has 6 heteroatoms. The topological polar surface area (TPSA) is 70.8 Å². The van der Waals surface area contributed by atoms with Crippen LogP contribution < -0.4 is 11.2 Å². The lowest BCUT2D eigenvalue weighted by Gasteiger charge is -2.32. The summed E-state index contributed by atoms with van der Waals surface area (Å²) in [4.78, 5) is 10.8. The van der Waals surface area contributed by atoms with E-state index in [1.165, 1.54) is 0 Å². The second-order valence-corrected chi connectivity index (χ2v) is 7.70. The summed E-state index contributed by atoms with van der Waals surface area (Å²) < 4.78 is 17.0. The van der Waals surface area contributed by atoms with Crippen molar-refractivity contribution in [3.8, 4) is 0 Å². The Morgan fingerprint density at radius 1 is 1.13 bits per heavy atom. The average Bonchev–Trinajstić information content (AvgIpc) is 2.66. The third-order valence-electron chi connectivity index (χ3n) is 4.79. The number of rotatable bonds is 4. The Morgan fingerprint density at radius 2 is 1.61 bits per heavy atom. The van der Waals surface area contributed by atoms with Crippen molar-refractivity contribution in [3.05, 3.63) is 29.8 Å². The molecule has 0 spiro atoms. The maximum Gasteiger partial charge on any atom is 0.494 e. The van der Waals surface area contributed by atoms with Crippen LogP contribution in [0.1, 0.15) is 47.1 Å². The van der Waals surface area contributed by atoms with Crippen molar-refractivity contribution in [3.63, 3.8) is 0 Å². The average molecular weight is 319 g/mol. The van der Waals surface area contributed by atoms with Gasteiger partial charge in [0.05, 0.1) is 11.2 Å². The van der Waals surface area contributed by atoms with Crippen molar-refractivity contribution in [2.24, 2.45) is 5.73 Å². The minimum Gasteiger partial charge on any atom is -0.449 e. The zero-order valence-corrected chi connectivity index (χ0v) is 14.8. The Morgan fingerprint density at radius 3 is 2.04 bits per heavy atom. The number of benzene rings is 1. The molecular formula is C17H26BNO4. The minimum atomic E-state index is -0.757. The highest BCUT2D eigenvalue weighted by molar-refractivity contribution is 6.62. The zero-order chi connectivity index (χ0) is 17.5.